The smallest absolute Gasteiger partial charge is 0.368 e. The van der Waals surface area contributed by atoms with Crippen molar-refractivity contribution in [2.45, 2.75) is 20.8 Å². The molecule has 0 amide bonds. The van der Waals surface area contributed by atoms with Crippen LogP contribution < -0.4 is 11.6 Å². The summed E-state index contributed by atoms with van der Waals surface area (Å²) in [6, 6.07) is 5.52. The summed E-state index contributed by atoms with van der Waals surface area (Å²) in [5.41, 5.74) is 3.55. The van der Waals surface area contributed by atoms with Gasteiger partial charge in [-0.15, -0.1) is 0 Å². The van der Waals surface area contributed by atoms with Gasteiger partial charge < -0.3 is 4.84 Å². The maximum Gasteiger partial charge on any atom is 0.368 e. The number of benzene rings is 1. The van der Waals surface area contributed by atoms with Crippen LogP contribution >= 0.6 is 12.6 Å². The zero-order chi connectivity index (χ0) is 18.6. The number of hydrogen-bond acceptors (Lipinski definition) is 6. The average molecular weight is 359 g/mol. The molecule has 7 nitrogen and oxygen atoms in total. The Hall–Kier alpha value is -2.58. The second-order valence-corrected chi connectivity index (χ2v) is 5.86. The Morgan fingerprint density at radius 1 is 1.28 bits per heavy atom. The van der Waals surface area contributed by atoms with Crippen molar-refractivity contribution in [3.05, 3.63) is 68.5 Å². The van der Waals surface area contributed by atoms with E-state index in [2.05, 4.69) is 23.1 Å². The van der Waals surface area contributed by atoms with E-state index in [1.54, 1.807) is 11.5 Å². The first-order valence-corrected chi connectivity index (χ1v) is 8.08. The first-order valence-electron chi connectivity index (χ1n) is 7.56. The molecule has 1 aromatic carbocycles. The molecular formula is C17H21N5O2S. The van der Waals surface area contributed by atoms with Crippen LogP contribution in [0.4, 0.5) is 0 Å². The number of nitrogens with two attached hydrogens (primary N) is 1. The molecule has 0 saturated heterocycles. The maximum absolute atomic E-state index is 12.3. The number of aromatic nitrogens is 4. The molecule has 2 aromatic rings. The first-order chi connectivity index (χ1) is 11.9. The van der Waals surface area contributed by atoms with E-state index in [4.69, 9.17) is 10.7 Å². The molecule has 1 heterocycles. The SMILES string of the molecule is CC(C=CC(C)=C(ON)c1c(C)cccc1-n1nnn(C)c1=O)=CS. The fraction of sp³-hybridized carbons (Fsp3) is 0.235. The number of allylic oxidation sites excluding steroid dienone is 4. The van der Waals surface area contributed by atoms with Crippen LogP contribution in [0.1, 0.15) is 25.0 Å². The molecule has 2 N–H and O–H groups in total. The predicted octanol–water partition coefficient (Wildman–Crippen LogP) is 2.29. The van der Waals surface area contributed by atoms with E-state index in [1.165, 1.54) is 11.7 Å². The monoisotopic (exact) mass is 359 g/mol. The topological polar surface area (TPSA) is 88.0 Å². The van der Waals surface area contributed by atoms with Crippen LogP contribution in [0.3, 0.4) is 0 Å². The summed E-state index contributed by atoms with van der Waals surface area (Å²) in [5, 5.41) is 9.37. The number of rotatable bonds is 5. The summed E-state index contributed by atoms with van der Waals surface area (Å²) in [4.78, 5) is 17.4. The van der Waals surface area contributed by atoms with Gasteiger partial charge in [0, 0.05) is 12.6 Å². The van der Waals surface area contributed by atoms with E-state index in [-0.39, 0.29) is 5.69 Å². The molecular weight excluding hydrogens is 338 g/mol. The number of hydrogen-bond donors (Lipinski definition) is 2. The Kier molecular flexibility index (Phi) is 6.00. The fourth-order valence-corrected chi connectivity index (χ4v) is 2.40. The molecule has 132 valence electrons. The Labute approximate surface area is 151 Å². The van der Waals surface area contributed by atoms with Gasteiger partial charge in [0.1, 0.15) is 0 Å². The van der Waals surface area contributed by atoms with Crippen LogP contribution in [0, 0.1) is 6.92 Å². The van der Waals surface area contributed by atoms with Gasteiger partial charge in [0.15, 0.2) is 5.76 Å². The van der Waals surface area contributed by atoms with Crippen molar-refractivity contribution in [3.63, 3.8) is 0 Å². The van der Waals surface area contributed by atoms with Crippen LogP contribution in [0.5, 0.6) is 0 Å². The number of tetrazole rings is 1. The molecule has 0 saturated carbocycles. The molecule has 0 spiro atoms. The molecule has 0 aliphatic carbocycles. The van der Waals surface area contributed by atoms with Gasteiger partial charge in [-0.3, -0.25) is 0 Å². The van der Waals surface area contributed by atoms with Crippen molar-refractivity contribution in [1.82, 2.24) is 19.8 Å². The molecule has 0 radical (unpaired) electrons. The van der Waals surface area contributed by atoms with Crippen molar-refractivity contribution < 1.29 is 4.84 Å². The van der Waals surface area contributed by atoms with Crippen molar-refractivity contribution in [3.8, 4) is 5.69 Å². The van der Waals surface area contributed by atoms with Crippen LogP contribution in [-0.2, 0) is 11.9 Å². The zero-order valence-electron chi connectivity index (χ0n) is 14.6. The number of nitrogens with zero attached hydrogens (tertiary/aromatic N) is 4. The van der Waals surface area contributed by atoms with Gasteiger partial charge in [-0.1, -0.05) is 24.3 Å². The normalized spacial score (nSPS) is 13.3. The van der Waals surface area contributed by atoms with Gasteiger partial charge in [-0.25, -0.2) is 4.79 Å². The lowest BCUT2D eigenvalue weighted by molar-refractivity contribution is 0.288. The van der Waals surface area contributed by atoms with Crippen LogP contribution in [0.15, 0.2) is 51.7 Å². The van der Waals surface area contributed by atoms with Crippen molar-refractivity contribution in [1.29, 1.82) is 0 Å². The van der Waals surface area contributed by atoms with Crippen LogP contribution in [0.2, 0.25) is 0 Å². The minimum Gasteiger partial charge on any atom is -0.411 e. The molecule has 25 heavy (non-hydrogen) atoms. The molecule has 0 aliphatic heterocycles. The summed E-state index contributed by atoms with van der Waals surface area (Å²) in [6.07, 6.45) is 3.77. The number of aryl methyl sites for hydroxylation is 2. The first kappa shape index (κ1) is 18.8. The van der Waals surface area contributed by atoms with E-state index in [9.17, 15) is 4.79 Å². The van der Waals surface area contributed by atoms with Crippen LogP contribution in [-0.4, -0.2) is 19.8 Å². The third-order valence-corrected chi connectivity index (χ3v) is 4.11. The highest BCUT2D eigenvalue weighted by Crippen LogP contribution is 2.28. The van der Waals surface area contributed by atoms with E-state index < -0.39 is 0 Å². The van der Waals surface area contributed by atoms with Gasteiger partial charge in [-0.05, 0) is 59.4 Å². The zero-order valence-corrected chi connectivity index (χ0v) is 15.5. The Bertz CT molecular complexity index is 921. The minimum atomic E-state index is -0.356. The fourth-order valence-electron chi connectivity index (χ4n) is 2.31. The van der Waals surface area contributed by atoms with E-state index >= 15 is 0 Å². The molecule has 0 aliphatic rings. The Morgan fingerprint density at radius 3 is 2.56 bits per heavy atom. The predicted molar refractivity (Wildman–Crippen MR) is 101 cm³/mol. The van der Waals surface area contributed by atoms with Gasteiger partial charge >= 0.3 is 5.69 Å². The van der Waals surface area contributed by atoms with Crippen molar-refractivity contribution in [2.24, 2.45) is 12.9 Å². The van der Waals surface area contributed by atoms with Crippen LogP contribution in [0.25, 0.3) is 11.4 Å². The Morgan fingerprint density at radius 2 is 2.00 bits per heavy atom. The summed E-state index contributed by atoms with van der Waals surface area (Å²) in [6.45, 7) is 5.72. The maximum atomic E-state index is 12.3. The number of thiol groups is 1. The Balaban J connectivity index is 2.70. The largest absolute Gasteiger partial charge is 0.411 e. The lowest BCUT2D eigenvalue weighted by Gasteiger charge is -2.15. The standard InChI is InChI=1S/C17H21N5O2S/c1-11(10-25)8-9-13(3)16(24-18)15-12(2)6-5-7-14(15)22-17(23)21(4)19-20-22/h5-10,25H,18H2,1-4H3. The molecule has 0 bridgehead atoms. The highest BCUT2D eigenvalue weighted by atomic mass is 32.1. The third-order valence-electron chi connectivity index (χ3n) is 3.70. The summed E-state index contributed by atoms with van der Waals surface area (Å²) >= 11 is 4.12. The lowest BCUT2D eigenvalue weighted by atomic mass is 10.0. The third kappa shape index (κ3) is 3.92. The van der Waals surface area contributed by atoms with Gasteiger partial charge in [0.05, 0.1) is 5.69 Å². The van der Waals surface area contributed by atoms with Crippen molar-refractivity contribution in [2.75, 3.05) is 0 Å². The summed E-state index contributed by atoms with van der Waals surface area (Å²) in [5.74, 6) is 6.01. The molecule has 2 rings (SSSR count). The molecule has 8 heteroatoms. The van der Waals surface area contributed by atoms with Crippen molar-refractivity contribution >= 4 is 18.4 Å². The highest BCUT2D eigenvalue weighted by molar-refractivity contribution is 7.83. The lowest BCUT2D eigenvalue weighted by Crippen LogP contribution is -2.23. The quantitative estimate of drug-likeness (QED) is 0.370. The van der Waals surface area contributed by atoms with E-state index in [0.29, 0.717) is 17.0 Å². The van der Waals surface area contributed by atoms with Gasteiger partial charge in [0.2, 0.25) is 0 Å². The minimum absolute atomic E-state index is 0.356. The second kappa shape index (κ2) is 8.00. The van der Waals surface area contributed by atoms with Gasteiger partial charge in [-0.2, -0.15) is 27.9 Å². The summed E-state index contributed by atoms with van der Waals surface area (Å²) in [7, 11) is 1.54. The molecule has 0 unspecified atom stereocenters. The molecule has 0 atom stereocenters. The summed E-state index contributed by atoms with van der Waals surface area (Å²) < 4.78 is 2.38. The second-order valence-electron chi connectivity index (χ2n) is 5.60. The van der Waals surface area contributed by atoms with Gasteiger partial charge in [0.25, 0.3) is 0 Å². The van der Waals surface area contributed by atoms with E-state index in [0.717, 1.165) is 21.4 Å². The van der Waals surface area contributed by atoms with E-state index in [1.807, 2.05) is 45.1 Å². The average Bonchev–Trinajstić information content (AvgIpc) is 2.93. The molecule has 1 aromatic heterocycles. The molecule has 0 fully saturated rings. The highest BCUT2D eigenvalue weighted by Gasteiger charge is 2.18.